The molecule has 28 heavy (non-hydrogen) atoms. The molecule has 0 spiro atoms. The maximum absolute atomic E-state index is 13.3. The second-order valence-electron chi connectivity index (χ2n) is 7.76. The lowest BCUT2D eigenvalue weighted by atomic mass is 9.85. The predicted molar refractivity (Wildman–Crippen MR) is 107 cm³/mol. The number of nitrogens with one attached hydrogen (secondary N) is 1. The van der Waals surface area contributed by atoms with Gasteiger partial charge in [-0.2, -0.15) is 0 Å². The molecule has 0 saturated carbocycles. The van der Waals surface area contributed by atoms with Crippen LogP contribution >= 0.6 is 0 Å². The first kappa shape index (κ1) is 21.5. The Morgan fingerprint density at radius 1 is 1.00 bits per heavy atom. The quantitative estimate of drug-likeness (QED) is 0.742. The van der Waals surface area contributed by atoms with Gasteiger partial charge in [-0.15, -0.1) is 0 Å². The van der Waals surface area contributed by atoms with Gasteiger partial charge in [-0.05, 0) is 41.7 Å². The summed E-state index contributed by atoms with van der Waals surface area (Å²) in [4.78, 5) is 13.0. The Morgan fingerprint density at radius 3 is 1.96 bits per heavy atom. The van der Waals surface area contributed by atoms with Crippen molar-refractivity contribution in [3.8, 4) is 17.2 Å². The first-order chi connectivity index (χ1) is 13.2. The van der Waals surface area contributed by atoms with E-state index in [2.05, 4.69) is 26.1 Å². The van der Waals surface area contributed by atoms with Crippen LogP contribution in [0.15, 0.2) is 36.4 Å². The highest BCUT2D eigenvalue weighted by atomic mass is 19.1. The number of rotatable bonds is 7. The smallest absolute Gasteiger partial charge is 0.252 e. The summed E-state index contributed by atoms with van der Waals surface area (Å²) in [5, 5.41) is 3.05. The zero-order chi connectivity index (χ0) is 20.9. The number of halogens is 1. The number of hydrogen-bond acceptors (Lipinski definition) is 4. The molecule has 0 aromatic heterocycles. The van der Waals surface area contributed by atoms with Gasteiger partial charge in [-0.25, -0.2) is 4.39 Å². The van der Waals surface area contributed by atoms with Crippen LogP contribution in [0.5, 0.6) is 17.2 Å². The zero-order valence-corrected chi connectivity index (χ0v) is 17.3. The first-order valence-corrected chi connectivity index (χ1v) is 9.05. The average molecular weight is 389 g/mol. The van der Waals surface area contributed by atoms with Gasteiger partial charge in [-0.3, -0.25) is 4.79 Å². The van der Waals surface area contributed by atoms with Crippen LogP contribution in [0.2, 0.25) is 0 Å². The van der Waals surface area contributed by atoms with Crippen LogP contribution in [-0.2, 0) is 0 Å². The molecule has 152 valence electrons. The lowest BCUT2D eigenvalue weighted by molar-refractivity contribution is 0.0925. The van der Waals surface area contributed by atoms with Crippen molar-refractivity contribution in [2.45, 2.75) is 33.2 Å². The summed E-state index contributed by atoms with van der Waals surface area (Å²) >= 11 is 0. The molecule has 1 unspecified atom stereocenters. The Balaban J connectivity index is 2.36. The number of amides is 1. The fraction of sp³-hybridized carbons (Fsp3) is 0.409. The van der Waals surface area contributed by atoms with Crippen molar-refractivity contribution in [2.75, 3.05) is 21.3 Å². The highest BCUT2D eigenvalue weighted by Gasteiger charge is 2.24. The van der Waals surface area contributed by atoms with E-state index >= 15 is 0 Å². The van der Waals surface area contributed by atoms with E-state index in [0.717, 1.165) is 5.56 Å². The molecule has 5 nitrogen and oxygen atoms in total. The number of ether oxygens (including phenoxy) is 3. The van der Waals surface area contributed by atoms with E-state index < -0.39 is 0 Å². The third kappa shape index (κ3) is 5.38. The third-order valence-electron chi connectivity index (χ3n) is 4.32. The molecular weight excluding hydrogens is 361 g/mol. The second-order valence-corrected chi connectivity index (χ2v) is 7.76. The Kier molecular flexibility index (Phi) is 6.89. The fourth-order valence-corrected chi connectivity index (χ4v) is 3.01. The number of methoxy groups -OCH3 is 3. The van der Waals surface area contributed by atoms with E-state index in [1.807, 2.05) is 0 Å². The molecule has 0 bridgehead atoms. The molecule has 2 rings (SSSR count). The van der Waals surface area contributed by atoms with Crippen LogP contribution in [0.4, 0.5) is 4.39 Å². The molecule has 1 amide bonds. The molecule has 0 fully saturated rings. The Bertz CT molecular complexity index is 787. The number of hydrogen-bond donors (Lipinski definition) is 1. The van der Waals surface area contributed by atoms with Gasteiger partial charge in [0.05, 0.1) is 27.4 Å². The van der Waals surface area contributed by atoms with Gasteiger partial charge >= 0.3 is 0 Å². The average Bonchev–Trinajstić information content (AvgIpc) is 2.65. The van der Waals surface area contributed by atoms with Crippen LogP contribution in [0.25, 0.3) is 0 Å². The van der Waals surface area contributed by atoms with Crippen LogP contribution in [0, 0.1) is 11.2 Å². The Labute approximate surface area is 165 Å². The molecule has 6 heteroatoms. The monoisotopic (exact) mass is 389 g/mol. The zero-order valence-electron chi connectivity index (χ0n) is 17.3. The topological polar surface area (TPSA) is 56.8 Å². The molecule has 0 aliphatic heterocycles. The molecule has 2 aromatic carbocycles. The lowest BCUT2D eigenvalue weighted by Crippen LogP contribution is -2.31. The van der Waals surface area contributed by atoms with Gasteiger partial charge in [0.1, 0.15) is 5.82 Å². The summed E-state index contributed by atoms with van der Waals surface area (Å²) < 4.78 is 29.3. The Hall–Kier alpha value is -2.76. The maximum atomic E-state index is 13.3. The van der Waals surface area contributed by atoms with Gasteiger partial charge in [-0.1, -0.05) is 32.9 Å². The van der Waals surface area contributed by atoms with Crippen molar-refractivity contribution in [1.29, 1.82) is 0 Å². The van der Waals surface area contributed by atoms with Crippen molar-refractivity contribution in [1.82, 2.24) is 5.32 Å². The predicted octanol–water partition coefficient (Wildman–Crippen LogP) is 4.76. The SMILES string of the molecule is COc1cc(C(=O)NC(CC(C)(C)C)c2ccc(F)cc2)cc(OC)c1OC. The fourth-order valence-electron chi connectivity index (χ4n) is 3.01. The van der Waals surface area contributed by atoms with E-state index in [9.17, 15) is 9.18 Å². The number of benzene rings is 2. The lowest BCUT2D eigenvalue weighted by Gasteiger charge is -2.27. The van der Waals surface area contributed by atoms with Gasteiger partial charge in [0.25, 0.3) is 5.91 Å². The third-order valence-corrected chi connectivity index (χ3v) is 4.32. The van der Waals surface area contributed by atoms with Crippen molar-refractivity contribution >= 4 is 5.91 Å². The second kappa shape index (κ2) is 8.95. The minimum atomic E-state index is -0.311. The van der Waals surface area contributed by atoms with E-state index in [1.165, 1.54) is 33.5 Å². The van der Waals surface area contributed by atoms with Crippen molar-refractivity contribution in [3.63, 3.8) is 0 Å². The van der Waals surface area contributed by atoms with Gasteiger partial charge in [0, 0.05) is 5.56 Å². The summed E-state index contributed by atoms with van der Waals surface area (Å²) in [7, 11) is 4.51. The highest BCUT2D eigenvalue weighted by molar-refractivity contribution is 5.96. The molecule has 0 saturated heterocycles. The van der Waals surface area contributed by atoms with E-state index in [0.29, 0.717) is 29.2 Å². The van der Waals surface area contributed by atoms with Crippen LogP contribution in [0.3, 0.4) is 0 Å². The van der Waals surface area contributed by atoms with Crippen LogP contribution in [0.1, 0.15) is 49.2 Å². The molecule has 0 aliphatic rings. The van der Waals surface area contributed by atoms with Crippen molar-refractivity contribution in [3.05, 3.63) is 53.3 Å². The summed E-state index contributed by atoms with van der Waals surface area (Å²) in [5.41, 5.74) is 1.19. The molecule has 2 aromatic rings. The maximum Gasteiger partial charge on any atom is 0.252 e. The van der Waals surface area contributed by atoms with Crippen LogP contribution < -0.4 is 19.5 Å². The molecule has 1 atom stereocenters. The van der Waals surface area contributed by atoms with Crippen molar-refractivity contribution in [2.24, 2.45) is 5.41 Å². The number of carbonyl (C=O) groups is 1. The first-order valence-electron chi connectivity index (χ1n) is 9.05. The minimum Gasteiger partial charge on any atom is -0.493 e. The molecule has 0 aliphatic carbocycles. The van der Waals surface area contributed by atoms with E-state index in [-0.39, 0.29) is 23.2 Å². The van der Waals surface area contributed by atoms with E-state index in [4.69, 9.17) is 14.2 Å². The summed E-state index contributed by atoms with van der Waals surface area (Å²) in [6.45, 7) is 6.28. The number of carbonyl (C=O) groups excluding carboxylic acids is 1. The largest absolute Gasteiger partial charge is 0.493 e. The van der Waals surface area contributed by atoms with Gasteiger partial charge in [0.15, 0.2) is 11.5 Å². The molecule has 0 radical (unpaired) electrons. The van der Waals surface area contributed by atoms with Gasteiger partial charge < -0.3 is 19.5 Å². The van der Waals surface area contributed by atoms with E-state index in [1.54, 1.807) is 24.3 Å². The highest BCUT2D eigenvalue weighted by Crippen LogP contribution is 2.38. The standard InChI is InChI=1S/C22H28FNO4/c1-22(2,3)13-17(14-7-9-16(23)10-8-14)24-21(25)15-11-18(26-4)20(28-6)19(12-15)27-5/h7-12,17H,13H2,1-6H3,(H,24,25). The molecule has 0 heterocycles. The normalized spacial score (nSPS) is 12.2. The summed E-state index contributed by atoms with van der Waals surface area (Å²) in [6, 6.07) is 9.13. The summed E-state index contributed by atoms with van der Waals surface area (Å²) in [5.74, 6) is 0.640. The van der Waals surface area contributed by atoms with Gasteiger partial charge in [0.2, 0.25) is 5.75 Å². The molecular formula is C22H28FNO4. The van der Waals surface area contributed by atoms with Crippen molar-refractivity contribution < 1.29 is 23.4 Å². The Morgan fingerprint density at radius 2 is 1.54 bits per heavy atom. The summed E-state index contributed by atoms with van der Waals surface area (Å²) in [6.07, 6.45) is 0.689. The minimum absolute atomic E-state index is 0.0401. The van der Waals surface area contributed by atoms with Crippen LogP contribution in [-0.4, -0.2) is 27.2 Å². The molecule has 1 N–H and O–H groups in total.